The number of hydrogen-bond acceptors (Lipinski definition) is 4. The minimum absolute atomic E-state index is 0.350. The van der Waals surface area contributed by atoms with Crippen molar-refractivity contribution >= 4 is 11.9 Å². The van der Waals surface area contributed by atoms with Crippen molar-refractivity contribution < 1.29 is 9.90 Å². The molecule has 1 aromatic rings. The Hall–Kier alpha value is -2.09. The number of rotatable bonds is 8. The Morgan fingerprint density at radius 2 is 2.42 bits per heavy atom. The molecule has 0 saturated carbocycles. The van der Waals surface area contributed by atoms with Gasteiger partial charge in [0.2, 0.25) is 0 Å². The van der Waals surface area contributed by atoms with E-state index in [1.807, 2.05) is 0 Å². The SMILES string of the molecule is NC(=NCCC[C@H](N)C(=O)O)NCCc1cnc[nH]1. The molecule has 0 aliphatic heterocycles. The number of hydrogen-bond donors (Lipinski definition) is 5. The first kappa shape index (κ1) is 15.0. The number of carboxylic acids is 1. The quantitative estimate of drug-likeness (QED) is 0.234. The third-order valence-electron chi connectivity index (χ3n) is 2.53. The molecule has 0 aliphatic carbocycles. The molecule has 0 radical (unpaired) electrons. The first-order chi connectivity index (χ1) is 9.09. The van der Waals surface area contributed by atoms with Gasteiger partial charge in [-0.05, 0) is 12.8 Å². The molecule has 1 atom stereocenters. The molecule has 1 rings (SSSR count). The maximum absolute atomic E-state index is 10.5. The maximum Gasteiger partial charge on any atom is 0.320 e. The third kappa shape index (κ3) is 6.41. The van der Waals surface area contributed by atoms with E-state index in [-0.39, 0.29) is 0 Å². The number of imidazole rings is 1. The lowest BCUT2D eigenvalue weighted by Gasteiger charge is -2.06. The fourth-order valence-corrected chi connectivity index (χ4v) is 1.44. The molecule has 0 fully saturated rings. The Bertz CT molecular complexity index is 403. The van der Waals surface area contributed by atoms with Gasteiger partial charge in [0.05, 0.1) is 6.33 Å². The molecule has 1 heterocycles. The Labute approximate surface area is 111 Å². The number of H-pyrrole nitrogens is 1. The summed E-state index contributed by atoms with van der Waals surface area (Å²) in [5.74, 6) is -0.641. The maximum atomic E-state index is 10.5. The Balaban J connectivity index is 2.10. The van der Waals surface area contributed by atoms with Gasteiger partial charge in [-0.2, -0.15) is 0 Å². The Morgan fingerprint density at radius 1 is 1.63 bits per heavy atom. The molecular formula is C11H20N6O2. The molecule has 19 heavy (non-hydrogen) atoms. The number of aromatic nitrogens is 2. The highest BCUT2D eigenvalue weighted by Crippen LogP contribution is 1.95. The summed E-state index contributed by atoms with van der Waals surface area (Å²) in [5.41, 5.74) is 12.0. The molecule has 0 aromatic carbocycles. The molecule has 8 nitrogen and oxygen atoms in total. The zero-order valence-corrected chi connectivity index (χ0v) is 10.7. The second-order valence-corrected chi connectivity index (χ2v) is 4.11. The molecule has 0 saturated heterocycles. The average Bonchev–Trinajstić information content (AvgIpc) is 2.87. The zero-order valence-electron chi connectivity index (χ0n) is 10.7. The molecule has 0 amide bonds. The largest absolute Gasteiger partial charge is 0.480 e. The summed E-state index contributed by atoms with van der Waals surface area (Å²) in [6.45, 7) is 1.12. The van der Waals surface area contributed by atoms with E-state index in [1.165, 1.54) is 0 Å². The van der Waals surface area contributed by atoms with Crippen LogP contribution in [0.4, 0.5) is 0 Å². The minimum atomic E-state index is -0.991. The van der Waals surface area contributed by atoms with Crippen LogP contribution in [-0.2, 0) is 11.2 Å². The minimum Gasteiger partial charge on any atom is -0.480 e. The van der Waals surface area contributed by atoms with Crippen molar-refractivity contribution in [2.45, 2.75) is 25.3 Å². The topological polar surface area (TPSA) is 142 Å². The highest BCUT2D eigenvalue weighted by molar-refractivity contribution is 5.77. The average molecular weight is 268 g/mol. The van der Waals surface area contributed by atoms with Crippen LogP contribution in [0.25, 0.3) is 0 Å². The summed E-state index contributed by atoms with van der Waals surface area (Å²) in [7, 11) is 0. The summed E-state index contributed by atoms with van der Waals surface area (Å²) < 4.78 is 0. The van der Waals surface area contributed by atoms with Crippen molar-refractivity contribution in [3.8, 4) is 0 Å². The van der Waals surface area contributed by atoms with Gasteiger partial charge in [-0.15, -0.1) is 0 Å². The van der Waals surface area contributed by atoms with Crippen LogP contribution in [0, 0.1) is 0 Å². The number of aliphatic imine (C=N–C) groups is 1. The highest BCUT2D eigenvalue weighted by atomic mass is 16.4. The molecule has 106 valence electrons. The Morgan fingerprint density at radius 3 is 3.05 bits per heavy atom. The first-order valence-corrected chi connectivity index (χ1v) is 6.09. The lowest BCUT2D eigenvalue weighted by Crippen LogP contribution is -2.33. The number of nitrogens with two attached hydrogens (primary N) is 2. The van der Waals surface area contributed by atoms with Crippen LogP contribution < -0.4 is 16.8 Å². The monoisotopic (exact) mass is 268 g/mol. The highest BCUT2D eigenvalue weighted by Gasteiger charge is 2.09. The Kier molecular flexibility index (Phi) is 6.37. The smallest absolute Gasteiger partial charge is 0.320 e. The number of carbonyl (C=O) groups is 1. The molecule has 1 aromatic heterocycles. The van der Waals surface area contributed by atoms with Gasteiger partial charge in [0, 0.05) is 31.4 Å². The molecule has 0 spiro atoms. The van der Waals surface area contributed by atoms with Crippen LogP contribution >= 0.6 is 0 Å². The number of aromatic amines is 1. The van der Waals surface area contributed by atoms with E-state index < -0.39 is 12.0 Å². The van der Waals surface area contributed by atoms with Gasteiger partial charge >= 0.3 is 5.97 Å². The molecule has 0 unspecified atom stereocenters. The van der Waals surface area contributed by atoms with Crippen LogP contribution in [0.1, 0.15) is 18.5 Å². The predicted octanol–water partition coefficient (Wildman–Crippen LogP) is -0.951. The van der Waals surface area contributed by atoms with Gasteiger partial charge < -0.3 is 26.9 Å². The van der Waals surface area contributed by atoms with Gasteiger partial charge in [-0.25, -0.2) is 4.98 Å². The van der Waals surface area contributed by atoms with Gasteiger partial charge in [-0.3, -0.25) is 9.79 Å². The van der Waals surface area contributed by atoms with Gasteiger partial charge in [0.1, 0.15) is 6.04 Å². The normalized spacial score (nSPS) is 13.2. The van der Waals surface area contributed by atoms with Gasteiger partial charge in [0.25, 0.3) is 0 Å². The first-order valence-electron chi connectivity index (χ1n) is 6.09. The molecule has 7 N–H and O–H groups in total. The lowest BCUT2D eigenvalue weighted by atomic mass is 10.2. The third-order valence-corrected chi connectivity index (χ3v) is 2.53. The van der Waals surface area contributed by atoms with Crippen LogP contribution in [0.15, 0.2) is 17.5 Å². The van der Waals surface area contributed by atoms with Crippen molar-refractivity contribution in [2.75, 3.05) is 13.1 Å². The van der Waals surface area contributed by atoms with Crippen molar-refractivity contribution in [1.82, 2.24) is 15.3 Å². The van der Waals surface area contributed by atoms with Crippen LogP contribution in [0.5, 0.6) is 0 Å². The summed E-state index contributed by atoms with van der Waals surface area (Å²) in [5, 5.41) is 11.6. The molecular weight excluding hydrogens is 248 g/mol. The fourth-order valence-electron chi connectivity index (χ4n) is 1.44. The number of nitrogens with zero attached hydrogens (tertiary/aromatic N) is 2. The second-order valence-electron chi connectivity index (χ2n) is 4.11. The summed E-state index contributed by atoms with van der Waals surface area (Å²) in [6.07, 6.45) is 5.14. The number of nitrogens with one attached hydrogen (secondary N) is 2. The van der Waals surface area contributed by atoms with E-state index in [2.05, 4.69) is 20.3 Å². The van der Waals surface area contributed by atoms with Gasteiger partial charge in [-0.1, -0.05) is 0 Å². The van der Waals surface area contributed by atoms with Crippen molar-refractivity contribution in [1.29, 1.82) is 0 Å². The van der Waals surface area contributed by atoms with Crippen LogP contribution in [0.3, 0.4) is 0 Å². The predicted molar refractivity (Wildman–Crippen MR) is 71.6 cm³/mol. The van der Waals surface area contributed by atoms with Gasteiger partial charge in [0.15, 0.2) is 5.96 Å². The van der Waals surface area contributed by atoms with E-state index in [0.29, 0.717) is 31.9 Å². The zero-order chi connectivity index (χ0) is 14.1. The second kappa shape index (κ2) is 8.09. The van der Waals surface area contributed by atoms with E-state index in [4.69, 9.17) is 16.6 Å². The fraction of sp³-hybridized carbons (Fsp3) is 0.545. The molecule has 8 heteroatoms. The summed E-state index contributed by atoms with van der Waals surface area (Å²) >= 11 is 0. The van der Waals surface area contributed by atoms with E-state index >= 15 is 0 Å². The lowest BCUT2D eigenvalue weighted by molar-refractivity contribution is -0.138. The summed E-state index contributed by atoms with van der Waals surface area (Å²) in [6, 6.07) is -0.829. The molecule has 0 aliphatic rings. The van der Waals surface area contributed by atoms with Crippen molar-refractivity contribution in [2.24, 2.45) is 16.5 Å². The van der Waals surface area contributed by atoms with E-state index in [1.54, 1.807) is 12.5 Å². The van der Waals surface area contributed by atoms with Crippen molar-refractivity contribution in [3.05, 3.63) is 18.2 Å². The number of carboxylic acid groups (broad SMARTS) is 1. The van der Waals surface area contributed by atoms with Crippen molar-refractivity contribution in [3.63, 3.8) is 0 Å². The van der Waals surface area contributed by atoms with E-state index in [0.717, 1.165) is 12.1 Å². The number of aliphatic carboxylic acids is 1. The van der Waals surface area contributed by atoms with Crippen LogP contribution in [-0.4, -0.2) is 46.1 Å². The number of guanidine groups is 1. The van der Waals surface area contributed by atoms with Crippen LogP contribution in [0.2, 0.25) is 0 Å². The molecule has 0 bridgehead atoms. The summed E-state index contributed by atoms with van der Waals surface area (Å²) in [4.78, 5) is 21.5. The van der Waals surface area contributed by atoms with E-state index in [9.17, 15) is 4.79 Å². The standard InChI is InChI=1S/C11H20N6O2/c12-9(10(18)19)2-1-4-15-11(13)16-5-3-8-6-14-7-17-8/h6-7,9H,1-5,12H2,(H,14,17)(H,18,19)(H3,13,15,16)/t9-/m0/s1.